The van der Waals surface area contributed by atoms with Crippen molar-refractivity contribution in [2.45, 2.75) is 33.1 Å². The van der Waals surface area contributed by atoms with Gasteiger partial charge in [0.1, 0.15) is 0 Å². The van der Waals surface area contributed by atoms with Crippen LogP contribution in [-0.4, -0.2) is 38.0 Å². The van der Waals surface area contributed by atoms with E-state index in [0.717, 1.165) is 31.1 Å². The summed E-state index contributed by atoms with van der Waals surface area (Å²) in [5, 5.41) is 2.73. The number of unbranched alkanes of at least 4 members (excludes halogenated alkanes) is 2. The zero-order valence-corrected chi connectivity index (χ0v) is 13.7. The van der Waals surface area contributed by atoms with Crippen molar-refractivity contribution in [3.63, 3.8) is 0 Å². The molecule has 0 heterocycles. The van der Waals surface area contributed by atoms with Crippen LogP contribution >= 0.6 is 0 Å². The van der Waals surface area contributed by atoms with Crippen LogP contribution in [0, 0.1) is 6.92 Å². The van der Waals surface area contributed by atoms with Gasteiger partial charge in [0.15, 0.2) is 0 Å². The minimum Gasteiger partial charge on any atom is -0.325 e. The molecular formula is C15H24N2O3S. The molecule has 1 aromatic rings. The summed E-state index contributed by atoms with van der Waals surface area (Å²) in [5.74, 6) is -0.317. The summed E-state index contributed by atoms with van der Waals surface area (Å²) in [5.41, 5.74) is 1.72. The maximum Gasteiger partial charge on any atom is 0.239 e. The molecule has 0 spiro atoms. The number of nitrogens with one attached hydrogen (secondary N) is 1. The van der Waals surface area contributed by atoms with Crippen molar-refractivity contribution < 1.29 is 13.2 Å². The van der Waals surface area contributed by atoms with Crippen LogP contribution in [0.3, 0.4) is 0 Å². The summed E-state index contributed by atoms with van der Waals surface area (Å²) in [6.07, 6.45) is 3.86. The molecule has 0 saturated carbocycles. The normalized spacial score (nSPS) is 11.6. The number of carbonyl (C=O) groups is 1. The number of anilines is 1. The van der Waals surface area contributed by atoms with E-state index < -0.39 is 10.0 Å². The average Bonchev–Trinajstić information content (AvgIpc) is 2.36. The van der Waals surface area contributed by atoms with Gasteiger partial charge in [-0.2, -0.15) is 4.31 Å². The third-order valence-electron chi connectivity index (χ3n) is 3.10. The molecule has 0 bridgehead atoms. The summed E-state index contributed by atoms with van der Waals surface area (Å²) in [4.78, 5) is 12.0. The van der Waals surface area contributed by atoms with Gasteiger partial charge < -0.3 is 5.32 Å². The van der Waals surface area contributed by atoms with Gasteiger partial charge in [-0.15, -0.1) is 0 Å². The third-order valence-corrected chi connectivity index (χ3v) is 4.35. The number of hydrogen-bond acceptors (Lipinski definition) is 3. The third kappa shape index (κ3) is 6.73. The fourth-order valence-corrected chi connectivity index (χ4v) is 2.80. The van der Waals surface area contributed by atoms with Gasteiger partial charge in [-0.05, 0) is 31.0 Å². The number of nitrogens with zero attached hydrogens (tertiary/aromatic N) is 1. The average molecular weight is 312 g/mol. The van der Waals surface area contributed by atoms with E-state index in [4.69, 9.17) is 0 Å². The van der Waals surface area contributed by atoms with E-state index in [1.807, 2.05) is 25.1 Å². The minimum atomic E-state index is -3.37. The van der Waals surface area contributed by atoms with Crippen molar-refractivity contribution in [3.8, 4) is 0 Å². The number of sulfonamides is 1. The zero-order valence-electron chi connectivity index (χ0n) is 12.9. The van der Waals surface area contributed by atoms with Gasteiger partial charge in [-0.25, -0.2) is 8.42 Å². The van der Waals surface area contributed by atoms with Crippen LogP contribution in [-0.2, 0) is 14.8 Å². The molecule has 1 N–H and O–H groups in total. The van der Waals surface area contributed by atoms with Crippen LogP contribution in [0.25, 0.3) is 0 Å². The van der Waals surface area contributed by atoms with E-state index in [9.17, 15) is 13.2 Å². The van der Waals surface area contributed by atoms with Crippen molar-refractivity contribution in [3.05, 3.63) is 29.8 Å². The van der Waals surface area contributed by atoms with Gasteiger partial charge in [-0.1, -0.05) is 31.9 Å². The largest absolute Gasteiger partial charge is 0.325 e. The molecule has 1 aromatic carbocycles. The second-order valence-corrected chi connectivity index (χ2v) is 7.20. The molecule has 6 heteroatoms. The molecule has 0 atom stereocenters. The Labute approximate surface area is 127 Å². The van der Waals surface area contributed by atoms with Crippen LogP contribution in [0.15, 0.2) is 24.3 Å². The zero-order chi connectivity index (χ0) is 15.9. The maximum absolute atomic E-state index is 12.0. The Morgan fingerprint density at radius 2 is 2.00 bits per heavy atom. The van der Waals surface area contributed by atoms with Crippen LogP contribution in [0.5, 0.6) is 0 Å². The van der Waals surface area contributed by atoms with Gasteiger partial charge in [-0.3, -0.25) is 4.79 Å². The van der Waals surface area contributed by atoms with Crippen molar-refractivity contribution in [2.75, 3.05) is 24.7 Å². The lowest BCUT2D eigenvalue weighted by molar-refractivity contribution is -0.116. The number of rotatable bonds is 8. The smallest absolute Gasteiger partial charge is 0.239 e. The van der Waals surface area contributed by atoms with Gasteiger partial charge in [0.05, 0.1) is 12.8 Å². The second kappa shape index (κ2) is 8.14. The predicted octanol–water partition coefficient (Wildman–Crippen LogP) is 2.39. The van der Waals surface area contributed by atoms with Gasteiger partial charge in [0.25, 0.3) is 0 Å². The highest BCUT2D eigenvalue weighted by Crippen LogP contribution is 2.10. The molecule has 0 aromatic heterocycles. The van der Waals surface area contributed by atoms with Crippen molar-refractivity contribution in [1.29, 1.82) is 0 Å². The lowest BCUT2D eigenvalue weighted by Crippen LogP contribution is -2.38. The Morgan fingerprint density at radius 1 is 1.29 bits per heavy atom. The quantitative estimate of drug-likeness (QED) is 0.750. The molecule has 5 nitrogen and oxygen atoms in total. The Bertz CT molecular complexity index is 570. The monoisotopic (exact) mass is 312 g/mol. The first-order valence-electron chi connectivity index (χ1n) is 7.14. The molecule has 0 unspecified atom stereocenters. The van der Waals surface area contributed by atoms with E-state index in [0.29, 0.717) is 12.2 Å². The summed E-state index contributed by atoms with van der Waals surface area (Å²) in [7, 11) is -3.37. The van der Waals surface area contributed by atoms with Gasteiger partial charge in [0.2, 0.25) is 15.9 Å². The number of aryl methyl sites for hydroxylation is 1. The molecule has 0 aliphatic carbocycles. The van der Waals surface area contributed by atoms with Crippen LogP contribution in [0.2, 0.25) is 0 Å². The SMILES string of the molecule is CCCCCN(CC(=O)Nc1cccc(C)c1)S(C)(=O)=O. The van der Waals surface area contributed by atoms with Crippen molar-refractivity contribution >= 4 is 21.6 Å². The standard InChI is InChI=1S/C15H24N2O3S/c1-4-5-6-10-17(21(3,19)20)12-15(18)16-14-9-7-8-13(2)11-14/h7-9,11H,4-6,10,12H2,1-3H3,(H,16,18). The summed E-state index contributed by atoms with van der Waals surface area (Å²) < 4.78 is 24.7. The Morgan fingerprint density at radius 3 is 2.57 bits per heavy atom. The summed E-state index contributed by atoms with van der Waals surface area (Å²) in [6.45, 7) is 4.23. The molecule has 0 radical (unpaired) electrons. The van der Waals surface area contributed by atoms with E-state index >= 15 is 0 Å². The first kappa shape index (κ1) is 17.7. The second-order valence-electron chi connectivity index (χ2n) is 5.22. The molecule has 0 fully saturated rings. The van der Waals surface area contributed by atoms with Gasteiger partial charge in [0, 0.05) is 12.2 Å². The highest BCUT2D eigenvalue weighted by Gasteiger charge is 2.19. The molecule has 0 aliphatic heterocycles. The van der Waals surface area contributed by atoms with Gasteiger partial charge >= 0.3 is 0 Å². The fraction of sp³-hybridized carbons (Fsp3) is 0.533. The maximum atomic E-state index is 12.0. The minimum absolute atomic E-state index is 0.142. The molecule has 0 aliphatic rings. The molecule has 21 heavy (non-hydrogen) atoms. The summed E-state index contributed by atoms with van der Waals surface area (Å²) >= 11 is 0. The Kier molecular flexibility index (Phi) is 6.84. The Balaban J connectivity index is 2.63. The van der Waals surface area contributed by atoms with Crippen LogP contribution < -0.4 is 5.32 Å². The molecular weight excluding hydrogens is 288 g/mol. The molecule has 118 valence electrons. The number of benzene rings is 1. The van der Waals surface area contributed by atoms with E-state index in [1.165, 1.54) is 4.31 Å². The first-order valence-corrected chi connectivity index (χ1v) is 8.99. The number of carbonyl (C=O) groups excluding carboxylic acids is 1. The highest BCUT2D eigenvalue weighted by molar-refractivity contribution is 7.88. The molecule has 1 rings (SSSR count). The lowest BCUT2D eigenvalue weighted by Gasteiger charge is -2.19. The van der Waals surface area contributed by atoms with E-state index in [2.05, 4.69) is 12.2 Å². The van der Waals surface area contributed by atoms with Crippen molar-refractivity contribution in [2.24, 2.45) is 0 Å². The molecule has 0 saturated heterocycles. The van der Waals surface area contributed by atoms with Crippen LogP contribution in [0.1, 0.15) is 31.7 Å². The fourth-order valence-electron chi connectivity index (χ4n) is 1.98. The molecule has 1 amide bonds. The van der Waals surface area contributed by atoms with Crippen LogP contribution in [0.4, 0.5) is 5.69 Å². The number of amides is 1. The van der Waals surface area contributed by atoms with E-state index in [-0.39, 0.29) is 12.5 Å². The lowest BCUT2D eigenvalue weighted by atomic mass is 10.2. The Hall–Kier alpha value is -1.40. The predicted molar refractivity (Wildman–Crippen MR) is 85.8 cm³/mol. The van der Waals surface area contributed by atoms with E-state index in [1.54, 1.807) is 6.07 Å². The van der Waals surface area contributed by atoms with Crippen molar-refractivity contribution in [1.82, 2.24) is 4.31 Å². The summed E-state index contributed by atoms with van der Waals surface area (Å²) in [6, 6.07) is 7.41. The number of hydrogen-bond donors (Lipinski definition) is 1. The highest BCUT2D eigenvalue weighted by atomic mass is 32.2. The topological polar surface area (TPSA) is 66.5 Å². The first-order chi connectivity index (χ1) is 9.82.